The molecule has 0 bridgehead atoms. The standard InChI is InChI=1S/C32H35Cl2N7O5/c1-32(2,3)25-18-27(41(39-25)20-5-7-21(44-4)8-6-20)38-31(43)36-23-9-10-24(30(34)29(23)33)46-22-11-12-35-26(17-22)37-28(42)19-40-13-15-45-16-14-40/h5-12,17-18H,13-16,19H2,1-4H3,(H,35,37,42)(H2,36,38,43). The number of ether oxygens (including phenoxy) is 3. The van der Waals surface area contributed by atoms with Crippen LogP contribution in [0.15, 0.2) is 60.8 Å². The number of hydrogen-bond acceptors (Lipinski definition) is 8. The summed E-state index contributed by atoms with van der Waals surface area (Å²) in [4.78, 5) is 31.8. The van der Waals surface area contributed by atoms with Crippen LogP contribution in [0.4, 0.5) is 22.1 Å². The van der Waals surface area contributed by atoms with Crippen LogP contribution in [0.5, 0.6) is 17.2 Å². The van der Waals surface area contributed by atoms with Gasteiger partial charge in [-0.15, -0.1) is 0 Å². The van der Waals surface area contributed by atoms with Gasteiger partial charge in [-0.25, -0.2) is 14.5 Å². The van der Waals surface area contributed by atoms with Crippen molar-refractivity contribution in [3.05, 3.63) is 76.5 Å². The Kier molecular flexibility index (Phi) is 10.3. The molecule has 3 N–H and O–H groups in total. The molecular weight excluding hydrogens is 633 g/mol. The third-order valence-corrected chi connectivity index (χ3v) is 7.89. The first-order valence-electron chi connectivity index (χ1n) is 14.5. The molecule has 0 spiro atoms. The summed E-state index contributed by atoms with van der Waals surface area (Å²) in [6.45, 7) is 8.96. The summed E-state index contributed by atoms with van der Waals surface area (Å²) in [5.41, 5.74) is 1.54. The summed E-state index contributed by atoms with van der Waals surface area (Å²) in [5, 5.41) is 13.3. The van der Waals surface area contributed by atoms with E-state index in [1.54, 1.807) is 36.1 Å². The van der Waals surface area contributed by atoms with Gasteiger partial charge < -0.3 is 24.8 Å². The lowest BCUT2D eigenvalue weighted by Crippen LogP contribution is -2.41. The Morgan fingerprint density at radius 3 is 2.37 bits per heavy atom. The Hall–Kier alpha value is -4.36. The number of amides is 3. The Bertz CT molecular complexity index is 1700. The Balaban J connectivity index is 1.26. The number of pyridine rings is 1. The van der Waals surface area contributed by atoms with E-state index in [1.807, 2.05) is 56.0 Å². The number of urea groups is 1. The van der Waals surface area contributed by atoms with Gasteiger partial charge in [0.15, 0.2) is 0 Å². The molecule has 4 aromatic rings. The fraction of sp³-hybridized carbons (Fsp3) is 0.312. The number of halogens is 2. The van der Waals surface area contributed by atoms with Gasteiger partial charge in [-0.2, -0.15) is 5.10 Å². The Morgan fingerprint density at radius 1 is 0.935 bits per heavy atom. The van der Waals surface area contributed by atoms with E-state index in [-0.39, 0.29) is 39.3 Å². The van der Waals surface area contributed by atoms with Crippen LogP contribution >= 0.6 is 23.2 Å². The highest BCUT2D eigenvalue weighted by Gasteiger charge is 2.22. The van der Waals surface area contributed by atoms with Crippen LogP contribution in [0, 0.1) is 0 Å². The van der Waals surface area contributed by atoms with Crippen molar-refractivity contribution in [2.75, 3.05) is 55.9 Å². The van der Waals surface area contributed by atoms with Crippen molar-refractivity contribution in [2.45, 2.75) is 26.2 Å². The highest BCUT2D eigenvalue weighted by atomic mass is 35.5. The molecule has 12 nitrogen and oxygen atoms in total. The minimum Gasteiger partial charge on any atom is -0.497 e. The van der Waals surface area contributed by atoms with E-state index < -0.39 is 6.03 Å². The minimum absolute atomic E-state index is 0.0847. The fourth-order valence-corrected chi connectivity index (χ4v) is 4.96. The summed E-state index contributed by atoms with van der Waals surface area (Å²) in [6, 6.07) is 15.0. The fourth-order valence-electron chi connectivity index (χ4n) is 4.55. The van der Waals surface area contributed by atoms with Gasteiger partial charge in [-0.1, -0.05) is 44.0 Å². The largest absolute Gasteiger partial charge is 0.497 e. The average molecular weight is 669 g/mol. The van der Waals surface area contributed by atoms with E-state index in [1.165, 1.54) is 6.20 Å². The van der Waals surface area contributed by atoms with Crippen LogP contribution in [0.25, 0.3) is 5.69 Å². The first-order chi connectivity index (χ1) is 22.0. The zero-order valence-electron chi connectivity index (χ0n) is 25.9. The monoisotopic (exact) mass is 667 g/mol. The quantitative estimate of drug-likeness (QED) is 0.182. The highest BCUT2D eigenvalue weighted by Crippen LogP contribution is 2.40. The van der Waals surface area contributed by atoms with E-state index in [0.29, 0.717) is 49.4 Å². The summed E-state index contributed by atoms with van der Waals surface area (Å²) in [5.74, 6) is 1.94. The number of aromatic nitrogens is 3. The molecule has 1 fully saturated rings. The Labute approximate surface area is 276 Å². The number of hydrogen-bond donors (Lipinski definition) is 3. The maximum absolute atomic E-state index is 13.1. The molecule has 0 unspecified atom stereocenters. The molecular formula is C32H35Cl2N7O5. The van der Waals surface area contributed by atoms with Crippen LogP contribution in [0.2, 0.25) is 10.0 Å². The number of methoxy groups -OCH3 is 1. The van der Waals surface area contributed by atoms with Crippen molar-refractivity contribution >= 4 is 52.5 Å². The van der Waals surface area contributed by atoms with Gasteiger partial charge in [0, 0.05) is 36.8 Å². The van der Waals surface area contributed by atoms with E-state index in [4.69, 9.17) is 42.5 Å². The molecule has 3 amide bonds. The van der Waals surface area contributed by atoms with Gasteiger partial charge in [0.2, 0.25) is 5.91 Å². The molecule has 0 radical (unpaired) electrons. The van der Waals surface area contributed by atoms with Gasteiger partial charge in [-0.05, 0) is 42.5 Å². The molecule has 1 aliphatic heterocycles. The van der Waals surface area contributed by atoms with Gasteiger partial charge >= 0.3 is 6.03 Å². The van der Waals surface area contributed by atoms with Crippen molar-refractivity contribution in [1.82, 2.24) is 19.7 Å². The van der Waals surface area contributed by atoms with Crippen LogP contribution in [-0.4, -0.2) is 71.6 Å². The molecule has 1 aliphatic rings. The van der Waals surface area contributed by atoms with Crippen molar-refractivity contribution < 1.29 is 23.8 Å². The number of morpholine rings is 1. The molecule has 1 saturated heterocycles. The lowest BCUT2D eigenvalue weighted by molar-refractivity contribution is -0.118. The minimum atomic E-state index is -0.548. The van der Waals surface area contributed by atoms with E-state index >= 15 is 0 Å². The second-order valence-electron chi connectivity index (χ2n) is 11.5. The number of carbonyl (C=O) groups excluding carboxylic acids is 2. The maximum atomic E-state index is 13.1. The molecule has 0 saturated carbocycles. The molecule has 2 aromatic heterocycles. The summed E-state index contributed by atoms with van der Waals surface area (Å²) in [7, 11) is 1.60. The summed E-state index contributed by atoms with van der Waals surface area (Å²) in [6.07, 6.45) is 1.51. The van der Waals surface area contributed by atoms with E-state index in [0.717, 1.165) is 11.4 Å². The number of anilines is 3. The zero-order valence-corrected chi connectivity index (χ0v) is 27.4. The lowest BCUT2D eigenvalue weighted by atomic mass is 9.92. The molecule has 5 rings (SSSR count). The third kappa shape index (κ3) is 8.26. The number of carbonyl (C=O) groups is 2. The zero-order chi connectivity index (χ0) is 32.8. The number of nitrogens with one attached hydrogen (secondary N) is 3. The molecule has 242 valence electrons. The summed E-state index contributed by atoms with van der Waals surface area (Å²) < 4.78 is 18.2. The summed E-state index contributed by atoms with van der Waals surface area (Å²) >= 11 is 13.1. The smallest absolute Gasteiger partial charge is 0.324 e. The number of rotatable bonds is 9. The van der Waals surface area contributed by atoms with Crippen LogP contribution in [0.1, 0.15) is 26.5 Å². The first kappa shape index (κ1) is 33.0. The van der Waals surface area contributed by atoms with Gasteiger partial charge in [-0.3, -0.25) is 15.0 Å². The van der Waals surface area contributed by atoms with Crippen molar-refractivity contribution in [1.29, 1.82) is 0 Å². The molecule has 0 aliphatic carbocycles. The number of nitrogens with zero attached hydrogens (tertiary/aromatic N) is 4. The second kappa shape index (κ2) is 14.4. The molecule has 2 aromatic carbocycles. The van der Waals surface area contributed by atoms with Crippen LogP contribution < -0.4 is 25.4 Å². The van der Waals surface area contributed by atoms with Gasteiger partial charge in [0.25, 0.3) is 0 Å². The first-order valence-corrected chi connectivity index (χ1v) is 15.3. The second-order valence-corrected chi connectivity index (χ2v) is 12.3. The van der Waals surface area contributed by atoms with Crippen molar-refractivity contribution in [3.8, 4) is 22.9 Å². The maximum Gasteiger partial charge on any atom is 0.324 e. The van der Waals surface area contributed by atoms with Crippen LogP contribution in [-0.2, 0) is 14.9 Å². The Morgan fingerprint density at radius 2 is 1.67 bits per heavy atom. The molecule has 46 heavy (non-hydrogen) atoms. The SMILES string of the molecule is COc1ccc(-n2nc(C(C)(C)C)cc2NC(=O)Nc2ccc(Oc3ccnc(NC(=O)CN4CCOCC4)c3)c(Cl)c2Cl)cc1. The van der Waals surface area contributed by atoms with E-state index in [2.05, 4.69) is 20.9 Å². The van der Waals surface area contributed by atoms with Gasteiger partial charge in [0.05, 0.1) is 49.0 Å². The number of benzene rings is 2. The average Bonchev–Trinajstić information content (AvgIpc) is 3.46. The van der Waals surface area contributed by atoms with Crippen LogP contribution in [0.3, 0.4) is 0 Å². The topological polar surface area (TPSA) is 132 Å². The third-order valence-electron chi connectivity index (χ3n) is 7.03. The predicted octanol–water partition coefficient (Wildman–Crippen LogP) is 6.59. The van der Waals surface area contributed by atoms with E-state index in [9.17, 15) is 9.59 Å². The molecule has 3 heterocycles. The van der Waals surface area contributed by atoms with Crippen molar-refractivity contribution in [2.24, 2.45) is 0 Å². The molecule has 0 atom stereocenters. The van der Waals surface area contributed by atoms with Crippen molar-refractivity contribution in [3.63, 3.8) is 0 Å². The van der Waals surface area contributed by atoms with Gasteiger partial charge in [0.1, 0.15) is 33.9 Å². The normalized spacial score (nSPS) is 13.6. The predicted molar refractivity (Wildman–Crippen MR) is 178 cm³/mol. The highest BCUT2D eigenvalue weighted by molar-refractivity contribution is 6.45. The lowest BCUT2D eigenvalue weighted by Gasteiger charge is -2.25. The molecule has 14 heteroatoms.